The van der Waals surface area contributed by atoms with Crippen LogP contribution in [0.5, 0.6) is 0 Å². The quantitative estimate of drug-likeness (QED) is 0.797. The summed E-state index contributed by atoms with van der Waals surface area (Å²) in [6, 6.07) is 0. The number of amides is 1. The first-order valence-corrected chi connectivity index (χ1v) is 6.64. The topological polar surface area (TPSA) is 57.6 Å². The fraction of sp³-hybridized carbons (Fsp3) is 0.846. The second-order valence-corrected chi connectivity index (χ2v) is 5.40. The van der Waals surface area contributed by atoms with Crippen molar-refractivity contribution in [2.45, 2.75) is 44.9 Å². The molecule has 1 amide bonds. The lowest BCUT2D eigenvalue weighted by Gasteiger charge is -2.31. The molecule has 1 heterocycles. The minimum atomic E-state index is -0.719. The van der Waals surface area contributed by atoms with E-state index in [9.17, 15) is 9.59 Å². The molecule has 2 aliphatic rings. The summed E-state index contributed by atoms with van der Waals surface area (Å²) in [5.41, 5.74) is 0. The highest BCUT2D eigenvalue weighted by Gasteiger charge is 2.26. The van der Waals surface area contributed by atoms with Gasteiger partial charge in [-0.2, -0.15) is 0 Å². The summed E-state index contributed by atoms with van der Waals surface area (Å²) in [5.74, 6) is 0.623. The smallest absolute Gasteiger partial charge is 0.303 e. The Bertz CT molecular complexity index is 291. The Labute approximate surface area is 102 Å². The molecule has 1 N–H and O–H groups in total. The van der Waals surface area contributed by atoms with Gasteiger partial charge in [-0.1, -0.05) is 12.8 Å². The summed E-state index contributed by atoms with van der Waals surface area (Å²) < 4.78 is 0. The second-order valence-electron chi connectivity index (χ2n) is 5.40. The number of hydrogen-bond acceptors (Lipinski definition) is 2. The summed E-state index contributed by atoms with van der Waals surface area (Å²) >= 11 is 0. The molecule has 0 bridgehead atoms. The van der Waals surface area contributed by atoms with E-state index in [4.69, 9.17) is 5.11 Å². The molecule has 0 aromatic heterocycles. The van der Waals surface area contributed by atoms with Crippen LogP contribution in [0.15, 0.2) is 0 Å². The molecule has 4 heteroatoms. The Kier molecular flexibility index (Phi) is 4.02. The summed E-state index contributed by atoms with van der Waals surface area (Å²) in [7, 11) is 0. The lowest BCUT2D eigenvalue weighted by atomic mass is 9.93. The second kappa shape index (κ2) is 5.52. The van der Waals surface area contributed by atoms with E-state index >= 15 is 0 Å². The third-order valence-electron chi connectivity index (χ3n) is 3.89. The first-order chi connectivity index (χ1) is 8.15. The number of carboxylic acids is 1. The van der Waals surface area contributed by atoms with E-state index in [0.29, 0.717) is 6.42 Å². The molecule has 1 saturated heterocycles. The van der Waals surface area contributed by atoms with Crippen LogP contribution in [-0.4, -0.2) is 35.0 Å². The number of carboxylic acid groups (broad SMARTS) is 1. The molecule has 1 aliphatic heterocycles. The van der Waals surface area contributed by atoms with Crippen molar-refractivity contribution in [1.29, 1.82) is 0 Å². The standard InChI is InChI=1S/C13H21NO3/c15-12(4-3-10-1-2-10)14-7-5-11(6-8-14)9-13(16)17/h10-11H,1-9H2,(H,16,17). The van der Waals surface area contributed by atoms with E-state index in [-0.39, 0.29) is 18.2 Å². The SMILES string of the molecule is O=C(O)CC1CCN(C(=O)CCC2CC2)CC1. The molecule has 0 unspecified atom stereocenters. The van der Waals surface area contributed by atoms with E-state index in [1.807, 2.05) is 4.90 Å². The number of hydrogen-bond donors (Lipinski definition) is 1. The molecule has 0 spiro atoms. The average molecular weight is 239 g/mol. The minimum Gasteiger partial charge on any atom is -0.481 e. The molecule has 0 aromatic rings. The molecule has 2 fully saturated rings. The van der Waals surface area contributed by atoms with E-state index in [1.54, 1.807) is 0 Å². The van der Waals surface area contributed by atoms with Gasteiger partial charge in [0.25, 0.3) is 0 Å². The number of piperidine rings is 1. The van der Waals surface area contributed by atoms with Gasteiger partial charge >= 0.3 is 5.97 Å². The highest BCUT2D eigenvalue weighted by Crippen LogP contribution is 2.33. The Balaban J connectivity index is 1.66. The van der Waals surface area contributed by atoms with Crippen LogP contribution >= 0.6 is 0 Å². The Morgan fingerprint density at radius 2 is 1.71 bits per heavy atom. The third-order valence-corrected chi connectivity index (χ3v) is 3.89. The fourth-order valence-corrected chi connectivity index (χ4v) is 2.53. The molecule has 4 nitrogen and oxygen atoms in total. The third kappa shape index (κ3) is 4.02. The first-order valence-electron chi connectivity index (χ1n) is 6.64. The average Bonchev–Trinajstić information content (AvgIpc) is 3.10. The number of carbonyl (C=O) groups is 2. The van der Waals surface area contributed by atoms with Gasteiger partial charge in [0.05, 0.1) is 0 Å². The highest BCUT2D eigenvalue weighted by molar-refractivity contribution is 5.76. The lowest BCUT2D eigenvalue weighted by Crippen LogP contribution is -2.38. The van der Waals surface area contributed by atoms with Gasteiger partial charge in [0.1, 0.15) is 0 Å². The Morgan fingerprint density at radius 1 is 1.06 bits per heavy atom. The zero-order valence-electron chi connectivity index (χ0n) is 10.2. The number of aliphatic carboxylic acids is 1. The van der Waals surface area contributed by atoms with Crippen LogP contribution in [0.25, 0.3) is 0 Å². The van der Waals surface area contributed by atoms with Crippen molar-refractivity contribution in [3.8, 4) is 0 Å². The molecule has 2 rings (SSSR count). The van der Waals surface area contributed by atoms with Crippen LogP contribution in [0.3, 0.4) is 0 Å². The molecule has 17 heavy (non-hydrogen) atoms. The van der Waals surface area contributed by atoms with Gasteiger partial charge < -0.3 is 10.0 Å². The van der Waals surface area contributed by atoms with Gasteiger partial charge in [-0.3, -0.25) is 9.59 Å². The van der Waals surface area contributed by atoms with Crippen molar-refractivity contribution in [2.24, 2.45) is 11.8 Å². The van der Waals surface area contributed by atoms with Crippen molar-refractivity contribution in [3.63, 3.8) is 0 Å². The van der Waals surface area contributed by atoms with E-state index in [2.05, 4.69) is 0 Å². The van der Waals surface area contributed by atoms with Crippen LogP contribution in [-0.2, 0) is 9.59 Å². The van der Waals surface area contributed by atoms with Crippen molar-refractivity contribution in [1.82, 2.24) is 4.90 Å². The normalized spacial score (nSPS) is 21.5. The molecule has 0 aromatic carbocycles. The molecule has 0 atom stereocenters. The number of nitrogens with zero attached hydrogens (tertiary/aromatic N) is 1. The first kappa shape index (κ1) is 12.4. The van der Waals surface area contributed by atoms with Crippen molar-refractivity contribution in [2.75, 3.05) is 13.1 Å². The number of carbonyl (C=O) groups excluding carboxylic acids is 1. The number of rotatable bonds is 5. The van der Waals surface area contributed by atoms with E-state index in [0.717, 1.165) is 38.3 Å². The maximum atomic E-state index is 11.9. The van der Waals surface area contributed by atoms with E-state index < -0.39 is 5.97 Å². The van der Waals surface area contributed by atoms with E-state index in [1.165, 1.54) is 12.8 Å². The van der Waals surface area contributed by atoms with Crippen molar-refractivity contribution in [3.05, 3.63) is 0 Å². The summed E-state index contributed by atoms with van der Waals surface area (Å²) in [6.07, 6.45) is 6.29. The van der Waals surface area contributed by atoms with Crippen LogP contribution in [0.4, 0.5) is 0 Å². The van der Waals surface area contributed by atoms with Gasteiger partial charge in [0.15, 0.2) is 0 Å². The van der Waals surface area contributed by atoms with Crippen LogP contribution in [0.1, 0.15) is 44.9 Å². The lowest BCUT2D eigenvalue weighted by molar-refractivity contribution is -0.138. The van der Waals surface area contributed by atoms with Gasteiger partial charge in [-0.25, -0.2) is 0 Å². The van der Waals surface area contributed by atoms with Gasteiger partial charge in [0.2, 0.25) is 5.91 Å². The van der Waals surface area contributed by atoms with Gasteiger partial charge in [-0.05, 0) is 31.1 Å². The zero-order valence-corrected chi connectivity index (χ0v) is 10.2. The predicted octanol–water partition coefficient (Wildman–Crippen LogP) is 1.89. The fourth-order valence-electron chi connectivity index (χ4n) is 2.53. The van der Waals surface area contributed by atoms with Crippen molar-refractivity contribution < 1.29 is 14.7 Å². The van der Waals surface area contributed by atoms with Crippen LogP contribution in [0, 0.1) is 11.8 Å². The van der Waals surface area contributed by atoms with Gasteiger partial charge in [-0.15, -0.1) is 0 Å². The summed E-state index contributed by atoms with van der Waals surface area (Å²) in [5, 5.41) is 8.71. The largest absolute Gasteiger partial charge is 0.481 e. The Hall–Kier alpha value is -1.06. The van der Waals surface area contributed by atoms with Crippen LogP contribution < -0.4 is 0 Å². The molecule has 0 radical (unpaired) electrons. The molecular weight excluding hydrogens is 218 g/mol. The zero-order chi connectivity index (χ0) is 12.3. The minimum absolute atomic E-state index is 0.254. The molecule has 1 saturated carbocycles. The maximum Gasteiger partial charge on any atom is 0.303 e. The molecular formula is C13H21NO3. The summed E-state index contributed by atoms with van der Waals surface area (Å²) in [6.45, 7) is 1.50. The van der Waals surface area contributed by atoms with Gasteiger partial charge in [0, 0.05) is 25.9 Å². The Morgan fingerprint density at radius 3 is 2.24 bits per heavy atom. The monoisotopic (exact) mass is 239 g/mol. The van der Waals surface area contributed by atoms with Crippen LogP contribution in [0.2, 0.25) is 0 Å². The molecule has 96 valence electrons. The number of likely N-dealkylation sites (tertiary alicyclic amines) is 1. The predicted molar refractivity (Wildman–Crippen MR) is 63.5 cm³/mol. The highest BCUT2D eigenvalue weighted by atomic mass is 16.4. The van der Waals surface area contributed by atoms with Crippen molar-refractivity contribution >= 4 is 11.9 Å². The maximum absolute atomic E-state index is 11.9. The molecule has 1 aliphatic carbocycles. The summed E-state index contributed by atoms with van der Waals surface area (Å²) in [4.78, 5) is 24.4.